The van der Waals surface area contributed by atoms with Gasteiger partial charge in [-0.3, -0.25) is 10.1 Å². The Labute approximate surface area is 142 Å². The van der Waals surface area contributed by atoms with E-state index in [0.717, 1.165) is 38.3 Å². The molecule has 24 heavy (non-hydrogen) atoms. The number of carbonyl (C=O) groups excluding carboxylic acids is 2. The highest BCUT2D eigenvalue weighted by Gasteiger charge is 2.23. The number of hydrogen-bond donors (Lipinski definition) is 4. The Morgan fingerprint density at radius 1 is 1.25 bits per heavy atom. The molecule has 4 N–H and O–H groups in total. The van der Waals surface area contributed by atoms with Gasteiger partial charge in [-0.15, -0.1) is 0 Å². The Morgan fingerprint density at radius 2 is 1.88 bits per heavy atom. The first kappa shape index (κ1) is 18.1. The molecule has 7 nitrogen and oxygen atoms in total. The van der Waals surface area contributed by atoms with Gasteiger partial charge in [-0.25, -0.2) is 4.79 Å². The summed E-state index contributed by atoms with van der Waals surface area (Å²) in [5.74, 6) is 0.0132. The number of amides is 3. The number of phenols is 1. The van der Waals surface area contributed by atoms with Gasteiger partial charge in [-0.05, 0) is 37.6 Å². The summed E-state index contributed by atoms with van der Waals surface area (Å²) in [7, 11) is 0. The summed E-state index contributed by atoms with van der Waals surface area (Å²) in [5.41, 5.74) is 1.07. The molecule has 1 aromatic rings. The van der Waals surface area contributed by atoms with Crippen LogP contribution in [0.1, 0.15) is 20.3 Å². The van der Waals surface area contributed by atoms with E-state index in [0.29, 0.717) is 6.54 Å². The Hall–Kier alpha value is -2.28. The molecule has 0 aromatic heterocycles. The number of benzene rings is 1. The van der Waals surface area contributed by atoms with Gasteiger partial charge >= 0.3 is 6.03 Å². The van der Waals surface area contributed by atoms with E-state index < -0.39 is 6.03 Å². The molecule has 0 radical (unpaired) electrons. The number of imide groups is 1. The largest absolute Gasteiger partial charge is 0.508 e. The second kappa shape index (κ2) is 8.54. The van der Waals surface area contributed by atoms with Crippen molar-refractivity contribution in [2.75, 3.05) is 37.6 Å². The molecule has 3 amide bonds. The number of nitrogens with zero attached hydrogens (tertiary/aromatic N) is 1. The maximum Gasteiger partial charge on any atom is 0.321 e. The minimum Gasteiger partial charge on any atom is -0.508 e. The van der Waals surface area contributed by atoms with E-state index in [-0.39, 0.29) is 17.7 Å². The number of phenolic OH excluding ortho intramolecular Hbond substituents is 1. The van der Waals surface area contributed by atoms with Gasteiger partial charge in [0.25, 0.3) is 5.91 Å². The van der Waals surface area contributed by atoms with Crippen LogP contribution in [0.2, 0.25) is 0 Å². The fourth-order valence-electron chi connectivity index (χ4n) is 2.68. The molecule has 0 spiro atoms. The molecule has 0 aliphatic carbocycles. The molecule has 1 aliphatic heterocycles. The van der Waals surface area contributed by atoms with Crippen LogP contribution in [0.15, 0.2) is 24.3 Å². The number of nitrogens with one attached hydrogen (secondary N) is 3. The van der Waals surface area contributed by atoms with Crippen LogP contribution in [0.25, 0.3) is 0 Å². The normalized spacial score (nSPS) is 16.5. The first-order valence-corrected chi connectivity index (χ1v) is 8.45. The molecule has 1 fully saturated rings. The average Bonchev–Trinajstić information content (AvgIpc) is 2.56. The fraction of sp³-hybridized carbons (Fsp3) is 0.529. The van der Waals surface area contributed by atoms with Crippen molar-refractivity contribution in [1.29, 1.82) is 0 Å². The van der Waals surface area contributed by atoms with Crippen molar-refractivity contribution in [2.45, 2.75) is 26.3 Å². The molecular weight excluding hydrogens is 308 g/mol. The molecule has 0 bridgehead atoms. The third kappa shape index (κ3) is 5.42. The van der Waals surface area contributed by atoms with Crippen LogP contribution in [0.4, 0.5) is 10.5 Å². The second-order valence-electron chi connectivity index (χ2n) is 6.26. The maximum absolute atomic E-state index is 11.9. The molecule has 1 heterocycles. The molecule has 1 saturated heterocycles. The van der Waals surface area contributed by atoms with E-state index in [4.69, 9.17) is 0 Å². The number of aromatic hydroxyl groups is 1. The van der Waals surface area contributed by atoms with Gasteiger partial charge in [0.2, 0.25) is 0 Å². The van der Waals surface area contributed by atoms with E-state index in [1.54, 1.807) is 12.1 Å². The molecule has 132 valence electrons. The first-order valence-electron chi connectivity index (χ1n) is 8.45. The van der Waals surface area contributed by atoms with Crippen molar-refractivity contribution in [3.05, 3.63) is 24.3 Å². The van der Waals surface area contributed by atoms with Crippen LogP contribution in [0.3, 0.4) is 0 Å². The summed E-state index contributed by atoms with van der Waals surface area (Å²) >= 11 is 0. The summed E-state index contributed by atoms with van der Waals surface area (Å²) in [4.78, 5) is 27.0. The predicted molar refractivity (Wildman–Crippen MR) is 92.3 cm³/mol. The van der Waals surface area contributed by atoms with Gasteiger partial charge in [0.15, 0.2) is 6.54 Å². The Balaban J connectivity index is 1.73. The number of quaternary nitrogens is 1. The van der Waals surface area contributed by atoms with Crippen LogP contribution in [-0.4, -0.2) is 55.8 Å². The zero-order chi connectivity index (χ0) is 17.5. The van der Waals surface area contributed by atoms with Crippen molar-refractivity contribution in [3.8, 4) is 5.75 Å². The maximum atomic E-state index is 11.9. The van der Waals surface area contributed by atoms with E-state index >= 15 is 0 Å². The second-order valence-corrected chi connectivity index (χ2v) is 6.26. The summed E-state index contributed by atoms with van der Waals surface area (Å²) < 4.78 is 0. The lowest BCUT2D eigenvalue weighted by Crippen LogP contribution is -3.16. The SMILES string of the molecule is CC[C@@H](C)NC(=O)NC(=O)C[NH+]1CCN(c2ccc(O)cc2)CC1. The molecule has 1 aliphatic rings. The lowest BCUT2D eigenvalue weighted by atomic mass is 10.2. The highest BCUT2D eigenvalue weighted by Crippen LogP contribution is 2.17. The molecule has 1 atom stereocenters. The summed E-state index contributed by atoms with van der Waals surface area (Å²) in [6, 6.07) is 6.78. The quantitative estimate of drug-likeness (QED) is 0.596. The summed E-state index contributed by atoms with van der Waals surface area (Å²) in [6.45, 7) is 7.53. The monoisotopic (exact) mass is 335 g/mol. The topological polar surface area (TPSA) is 86.1 Å². The fourth-order valence-corrected chi connectivity index (χ4v) is 2.68. The minimum atomic E-state index is -0.420. The van der Waals surface area contributed by atoms with Gasteiger partial charge < -0.3 is 20.2 Å². The van der Waals surface area contributed by atoms with Crippen molar-refractivity contribution in [3.63, 3.8) is 0 Å². The Kier molecular flexibility index (Phi) is 6.43. The number of piperazine rings is 1. The summed E-state index contributed by atoms with van der Waals surface area (Å²) in [5, 5.41) is 14.5. The van der Waals surface area contributed by atoms with Gasteiger partial charge in [0.1, 0.15) is 5.75 Å². The molecule has 0 saturated carbocycles. The van der Waals surface area contributed by atoms with Gasteiger partial charge in [-0.2, -0.15) is 0 Å². The lowest BCUT2D eigenvalue weighted by molar-refractivity contribution is -0.892. The number of hydrogen-bond acceptors (Lipinski definition) is 4. The van der Waals surface area contributed by atoms with Crippen LogP contribution in [-0.2, 0) is 4.79 Å². The molecule has 1 aromatic carbocycles. The molecular formula is C17H27N4O3+. The van der Waals surface area contributed by atoms with Crippen LogP contribution < -0.4 is 20.4 Å². The zero-order valence-corrected chi connectivity index (χ0v) is 14.3. The smallest absolute Gasteiger partial charge is 0.321 e. The van der Waals surface area contributed by atoms with Gasteiger partial charge in [0.05, 0.1) is 26.2 Å². The molecule has 7 heteroatoms. The predicted octanol–water partition coefficient (Wildman–Crippen LogP) is -0.279. The van der Waals surface area contributed by atoms with E-state index in [1.165, 1.54) is 4.90 Å². The van der Waals surface area contributed by atoms with Crippen LogP contribution in [0, 0.1) is 0 Å². The first-order chi connectivity index (χ1) is 11.5. The number of anilines is 1. The molecule has 0 unspecified atom stereocenters. The zero-order valence-electron chi connectivity index (χ0n) is 14.3. The van der Waals surface area contributed by atoms with E-state index in [2.05, 4.69) is 15.5 Å². The standard InChI is InChI=1S/C17H26N4O3/c1-3-13(2)18-17(24)19-16(23)12-20-8-10-21(11-9-20)14-4-6-15(22)7-5-14/h4-7,13,22H,3,8-12H2,1-2H3,(H2,18,19,23,24)/p+1/t13-/m1/s1. The van der Waals surface area contributed by atoms with Crippen molar-refractivity contribution in [1.82, 2.24) is 10.6 Å². The Morgan fingerprint density at radius 3 is 2.46 bits per heavy atom. The lowest BCUT2D eigenvalue weighted by Gasteiger charge is -2.33. The highest BCUT2D eigenvalue weighted by atomic mass is 16.3. The van der Waals surface area contributed by atoms with E-state index in [1.807, 2.05) is 26.0 Å². The minimum absolute atomic E-state index is 0.0546. The van der Waals surface area contributed by atoms with Gasteiger partial charge in [0, 0.05) is 11.7 Å². The number of carbonyl (C=O) groups is 2. The third-order valence-corrected chi connectivity index (χ3v) is 4.34. The number of rotatable bonds is 5. The summed E-state index contributed by atoms with van der Waals surface area (Å²) in [6.07, 6.45) is 0.825. The highest BCUT2D eigenvalue weighted by molar-refractivity contribution is 5.94. The van der Waals surface area contributed by atoms with Crippen molar-refractivity contribution >= 4 is 17.6 Å². The van der Waals surface area contributed by atoms with E-state index in [9.17, 15) is 14.7 Å². The van der Waals surface area contributed by atoms with Gasteiger partial charge in [-0.1, -0.05) is 6.92 Å². The van der Waals surface area contributed by atoms with Crippen LogP contribution >= 0.6 is 0 Å². The Bertz CT molecular complexity index is 553. The number of urea groups is 1. The average molecular weight is 335 g/mol. The third-order valence-electron chi connectivity index (χ3n) is 4.34. The van der Waals surface area contributed by atoms with Crippen LogP contribution in [0.5, 0.6) is 5.75 Å². The van der Waals surface area contributed by atoms with Crippen molar-refractivity contribution < 1.29 is 19.6 Å². The van der Waals surface area contributed by atoms with Crippen molar-refractivity contribution in [2.24, 2.45) is 0 Å². The molecule has 2 rings (SSSR count).